The van der Waals surface area contributed by atoms with E-state index in [0.717, 1.165) is 39.4 Å². The molecule has 3 aromatic rings. The molecule has 0 aliphatic rings. The van der Waals surface area contributed by atoms with Gasteiger partial charge in [0.1, 0.15) is 11.5 Å². The average molecular weight is 393 g/mol. The highest BCUT2D eigenvalue weighted by Crippen LogP contribution is 2.42. The van der Waals surface area contributed by atoms with Crippen molar-refractivity contribution in [1.82, 2.24) is 4.98 Å². The third kappa shape index (κ3) is 4.47. The fourth-order valence-corrected chi connectivity index (χ4v) is 3.45. The maximum absolute atomic E-state index is 10.9. The molecule has 4 heteroatoms. The second-order valence-electron chi connectivity index (χ2n) is 9.86. The minimum Gasteiger partial charge on any atom is -0.507 e. The highest BCUT2D eigenvalue weighted by atomic mass is 16.4. The van der Waals surface area contributed by atoms with E-state index in [9.17, 15) is 5.11 Å². The number of rotatable bonds is 3. The number of oxazole rings is 1. The summed E-state index contributed by atoms with van der Waals surface area (Å²) < 4.78 is 6.05. The molecule has 3 rings (SSSR count). The van der Waals surface area contributed by atoms with E-state index in [1.54, 1.807) is 0 Å². The highest BCUT2D eigenvalue weighted by molar-refractivity contribution is 5.63. The highest BCUT2D eigenvalue weighted by Gasteiger charge is 2.28. The SMILES string of the molecule is Cc1oc(-c2cc(C(C)(C)C)c(O)c(C(C)(C)C)c2)nc1Cc1ccc(N)cc1. The normalized spacial score (nSPS) is 12.4. The zero-order valence-electron chi connectivity index (χ0n) is 18.6. The molecule has 2 aromatic carbocycles. The number of phenolic OH excluding ortho intramolecular Hbond substituents is 1. The number of nitrogen functional groups attached to an aromatic ring is 1. The van der Waals surface area contributed by atoms with Crippen molar-refractivity contribution in [3.8, 4) is 17.2 Å². The Balaban J connectivity index is 2.08. The molecule has 3 N–H and O–H groups in total. The Bertz CT molecular complexity index is 981. The summed E-state index contributed by atoms with van der Waals surface area (Å²) in [6.45, 7) is 14.6. The van der Waals surface area contributed by atoms with Crippen LogP contribution in [0.4, 0.5) is 5.69 Å². The molecule has 0 radical (unpaired) electrons. The van der Waals surface area contributed by atoms with E-state index in [1.165, 1.54) is 0 Å². The van der Waals surface area contributed by atoms with Crippen molar-refractivity contribution in [3.63, 3.8) is 0 Å². The molecule has 0 bridgehead atoms. The summed E-state index contributed by atoms with van der Waals surface area (Å²) in [5.41, 5.74) is 10.9. The van der Waals surface area contributed by atoms with E-state index in [0.29, 0.717) is 18.1 Å². The molecule has 0 aliphatic heterocycles. The van der Waals surface area contributed by atoms with Crippen molar-refractivity contribution in [2.45, 2.75) is 65.7 Å². The van der Waals surface area contributed by atoms with E-state index in [4.69, 9.17) is 15.1 Å². The van der Waals surface area contributed by atoms with Gasteiger partial charge < -0.3 is 15.3 Å². The monoisotopic (exact) mass is 392 g/mol. The Labute approximate surface area is 173 Å². The van der Waals surface area contributed by atoms with E-state index in [-0.39, 0.29) is 10.8 Å². The first-order valence-corrected chi connectivity index (χ1v) is 10.1. The van der Waals surface area contributed by atoms with Gasteiger partial charge in [0, 0.05) is 28.8 Å². The van der Waals surface area contributed by atoms with Crippen LogP contribution < -0.4 is 5.73 Å². The third-order valence-electron chi connectivity index (χ3n) is 5.22. The topological polar surface area (TPSA) is 72.3 Å². The second kappa shape index (κ2) is 7.25. The molecule has 1 heterocycles. The summed E-state index contributed by atoms with van der Waals surface area (Å²) in [4.78, 5) is 4.79. The molecule has 0 fully saturated rings. The molecular weight excluding hydrogens is 360 g/mol. The van der Waals surface area contributed by atoms with Crippen molar-refractivity contribution < 1.29 is 9.52 Å². The number of nitrogens with two attached hydrogens (primary N) is 1. The van der Waals surface area contributed by atoms with Crippen LogP contribution in [0.2, 0.25) is 0 Å². The molecule has 1 aromatic heterocycles. The van der Waals surface area contributed by atoms with Crippen molar-refractivity contribution in [3.05, 3.63) is 64.5 Å². The molecule has 29 heavy (non-hydrogen) atoms. The fraction of sp³-hybridized carbons (Fsp3) is 0.400. The maximum atomic E-state index is 10.9. The van der Waals surface area contributed by atoms with Crippen molar-refractivity contribution in [2.24, 2.45) is 0 Å². The predicted molar refractivity (Wildman–Crippen MR) is 119 cm³/mol. The van der Waals surface area contributed by atoms with Crippen LogP contribution in [0.15, 0.2) is 40.8 Å². The van der Waals surface area contributed by atoms with Gasteiger partial charge in [0.05, 0.1) is 5.69 Å². The molecular formula is C25H32N2O2. The Kier molecular flexibility index (Phi) is 5.24. The van der Waals surface area contributed by atoms with Crippen LogP contribution in [0, 0.1) is 6.92 Å². The predicted octanol–water partition coefficient (Wildman–Crippen LogP) is 6.12. The summed E-state index contributed by atoms with van der Waals surface area (Å²) in [6, 6.07) is 11.8. The van der Waals surface area contributed by atoms with Crippen LogP contribution in [-0.2, 0) is 17.3 Å². The van der Waals surface area contributed by atoms with Gasteiger partial charge in [-0.05, 0) is 47.6 Å². The Morgan fingerprint density at radius 1 is 0.931 bits per heavy atom. The van der Waals surface area contributed by atoms with Gasteiger partial charge in [-0.1, -0.05) is 53.7 Å². The van der Waals surface area contributed by atoms with Gasteiger partial charge in [-0.3, -0.25) is 0 Å². The van der Waals surface area contributed by atoms with E-state index >= 15 is 0 Å². The van der Waals surface area contributed by atoms with Crippen LogP contribution in [0.5, 0.6) is 5.75 Å². The van der Waals surface area contributed by atoms with Crippen LogP contribution in [0.1, 0.15) is 69.7 Å². The number of aromatic hydroxyl groups is 1. The molecule has 154 valence electrons. The Morgan fingerprint density at radius 3 is 1.93 bits per heavy atom. The first kappa shape index (κ1) is 21.0. The first-order chi connectivity index (χ1) is 13.4. The Hall–Kier alpha value is -2.75. The van der Waals surface area contributed by atoms with Gasteiger partial charge >= 0.3 is 0 Å². The summed E-state index contributed by atoms with van der Waals surface area (Å²) in [5.74, 6) is 1.75. The standard InChI is InChI=1S/C25H32N2O2/c1-15-21(12-16-8-10-18(26)11-9-16)27-23(29-15)17-13-19(24(2,3)4)22(28)20(14-17)25(5,6)7/h8-11,13-14,28H,12,26H2,1-7H3. The molecule has 4 nitrogen and oxygen atoms in total. The lowest BCUT2D eigenvalue weighted by atomic mass is 9.78. The fourth-order valence-electron chi connectivity index (χ4n) is 3.45. The van der Waals surface area contributed by atoms with Gasteiger partial charge in [-0.25, -0.2) is 4.98 Å². The second-order valence-corrected chi connectivity index (χ2v) is 9.86. The van der Waals surface area contributed by atoms with E-state index in [2.05, 4.69) is 41.5 Å². The van der Waals surface area contributed by atoms with E-state index < -0.39 is 0 Å². The van der Waals surface area contributed by atoms with Crippen molar-refractivity contribution >= 4 is 5.69 Å². The molecule has 0 spiro atoms. The van der Waals surface area contributed by atoms with Gasteiger partial charge in [0.15, 0.2) is 0 Å². The quantitative estimate of drug-likeness (QED) is 0.526. The maximum Gasteiger partial charge on any atom is 0.226 e. The molecule has 0 saturated carbocycles. The summed E-state index contributed by atoms with van der Waals surface area (Å²) >= 11 is 0. The minimum absolute atomic E-state index is 0.200. The van der Waals surface area contributed by atoms with Crippen LogP contribution in [0.3, 0.4) is 0 Å². The van der Waals surface area contributed by atoms with Gasteiger partial charge in [-0.2, -0.15) is 0 Å². The third-order valence-corrected chi connectivity index (χ3v) is 5.22. The number of phenols is 1. The van der Waals surface area contributed by atoms with Crippen LogP contribution >= 0.6 is 0 Å². The minimum atomic E-state index is -0.200. The van der Waals surface area contributed by atoms with Crippen molar-refractivity contribution in [2.75, 3.05) is 5.73 Å². The Morgan fingerprint density at radius 2 is 1.45 bits per heavy atom. The number of aromatic nitrogens is 1. The largest absolute Gasteiger partial charge is 0.507 e. The molecule has 0 unspecified atom stereocenters. The number of nitrogens with zero attached hydrogens (tertiary/aromatic N) is 1. The number of benzene rings is 2. The molecule has 0 aliphatic carbocycles. The number of hydrogen-bond acceptors (Lipinski definition) is 4. The molecule has 0 amide bonds. The van der Waals surface area contributed by atoms with Gasteiger partial charge in [0.25, 0.3) is 0 Å². The number of aryl methyl sites for hydroxylation is 1. The summed E-state index contributed by atoms with van der Waals surface area (Å²) in [7, 11) is 0. The van der Waals surface area contributed by atoms with Gasteiger partial charge in [-0.15, -0.1) is 0 Å². The van der Waals surface area contributed by atoms with Crippen LogP contribution in [0.25, 0.3) is 11.5 Å². The van der Waals surface area contributed by atoms with E-state index in [1.807, 2.05) is 43.3 Å². The summed E-state index contributed by atoms with van der Waals surface area (Å²) in [5, 5.41) is 10.9. The zero-order chi connectivity index (χ0) is 21.6. The van der Waals surface area contributed by atoms with Gasteiger partial charge in [0.2, 0.25) is 5.89 Å². The lowest BCUT2D eigenvalue weighted by molar-refractivity contribution is 0.423. The first-order valence-electron chi connectivity index (χ1n) is 10.1. The summed E-state index contributed by atoms with van der Waals surface area (Å²) in [6.07, 6.45) is 0.686. The average Bonchev–Trinajstić information content (AvgIpc) is 2.95. The zero-order valence-corrected chi connectivity index (χ0v) is 18.6. The number of hydrogen-bond donors (Lipinski definition) is 2. The smallest absolute Gasteiger partial charge is 0.226 e. The lowest BCUT2D eigenvalue weighted by Crippen LogP contribution is -2.17. The lowest BCUT2D eigenvalue weighted by Gasteiger charge is -2.27. The number of anilines is 1. The van der Waals surface area contributed by atoms with Crippen LogP contribution in [-0.4, -0.2) is 10.1 Å². The molecule has 0 atom stereocenters. The van der Waals surface area contributed by atoms with Crippen molar-refractivity contribution in [1.29, 1.82) is 0 Å². The molecule has 0 saturated heterocycles.